The van der Waals surface area contributed by atoms with Crippen molar-refractivity contribution in [2.75, 3.05) is 11.9 Å². The van der Waals surface area contributed by atoms with Gasteiger partial charge in [-0.15, -0.1) is 11.3 Å². The summed E-state index contributed by atoms with van der Waals surface area (Å²) in [6.45, 7) is 1.86. The molecule has 0 radical (unpaired) electrons. The summed E-state index contributed by atoms with van der Waals surface area (Å²) in [5.41, 5.74) is -0.846. The van der Waals surface area contributed by atoms with Crippen LogP contribution in [0.5, 0.6) is 0 Å². The van der Waals surface area contributed by atoms with Crippen molar-refractivity contribution >= 4 is 28.1 Å². The smallest absolute Gasteiger partial charge is 0.418 e. The van der Waals surface area contributed by atoms with Crippen molar-refractivity contribution in [3.63, 3.8) is 0 Å². The summed E-state index contributed by atoms with van der Waals surface area (Å²) in [7, 11) is 0. The molecule has 112 valence electrons. The van der Waals surface area contributed by atoms with Gasteiger partial charge in [0.2, 0.25) is 0 Å². The second kappa shape index (κ2) is 6.13. The van der Waals surface area contributed by atoms with Gasteiger partial charge in [0.1, 0.15) is 0 Å². The highest BCUT2D eigenvalue weighted by Gasteiger charge is 2.33. The number of halogens is 3. The van der Waals surface area contributed by atoms with Crippen LogP contribution in [0, 0.1) is 0 Å². The third-order valence-electron chi connectivity index (χ3n) is 2.46. The summed E-state index contributed by atoms with van der Waals surface area (Å²) in [6.07, 6.45) is -4.47. The van der Waals surface area contributed by atoms with E-state index in [-0.39, 0.29) is 23.1 Å². The summed E-state index contributed by atoms with van der Waals surface area (Å²) in [5, 5.41) is 4.19. The molecule has 0 aliphatic carbocycles. The molecular formula is C13H11F3N2O2S. The fourth-order valence-electron chi connectivity index (χ4n) is 1.58. The topological polar surface area (TPSA) is 51.2 Å². The van der Waals surface area contributed by atoms with Crippen molar-refractivity contribution in [3.8, 4) is 0 Å². The van der Waals surface area contributed by atoms with Gasteiger partial charge in [0.25, 0.3) is 0 Å². The minimum Gasteiger partial charge on any atom is -0.461 e. The van der Waals surface area contributed by atoms with Crippen molar-refractivity contribution in [3.05, 3.63) is 40.9 Å². The zero-order valence-electron chi connectivity index (χ0n) is 10.9. The van der Waals surface area contributed by atoms with Crippen molar-refractivity contribution < 1.29 is 22.7 Å². The maximum Gasteiger partial charge on any atom is 0.418 e. The molecule has 4 nitrogen and oxygen atoms in total. The van der Waals surface area contributed by atoms with Crippen molar-refractivity contribution in [1.29, 1.82) is 0 Å². The van der Waals surface area contributed by atoms with Gasteiger partial charge in [0, 0.05) is 5.38 Å². The minimum atomic E-state index is -4.47. The molecular weight excluding hydrogens is 305 g/mol. The highest BCUT2D eigenvalue weighted by atomic mass is 32.1. The Morgan fingerprint density at radius 2 is 2.10 bits per heavy atom. The molecule has 1 aromatic carbocycles. The van der Waals surface area contributed by atoms with Crippen molar-refractivity contribution in [2.24, 2.45) is 0 Å². The van der Waals surface area contributed by atoms with Gasteiger partial charge in [-0.05, 0) is 19.1 Å². The third kappa shape index (κ3) is 3.72. The zero-order valence-corrected chi connectivity index (χ0v) is 11.7. The van der Waals surface area contributed by atoms with E-state index in [4.69, 9.17) is 4.74 Å². The van der Waals surface area contributed by atoms with Crippen LogP contribution in [0.15, 0.2) is 29.6 Å². The molecule has 0 unspecified atom stereocenters. The van der Waals surface area contributed by atoms with Crippen LogP contribution in [0.2, 0.25) is 0 Å². The Labute approximate surface area is 122 Å². The fraction of sp³-hybridized carbons (Fsp3) is 0.231. The third-order valence-corrected chi connectivity index (χ3v) is 3.22. The van der Waals surface area contributed by atoms with E-state index in [1.54, 1.807) is 6.92 Å². The van der Waals surface area contributed by atoms with Crippen LogP contribution in [-0.4, -0.2) is 17.6 Å². The number of anilines is 2. The molecule has 8 heteroatoms. The second-order valence-electron chi connectivity index (χ2n) is 3.93. The maximum absolute atomic E-state index is 12.9. The van der Waals surface area contributed by atoms with E-state index < -0.39 is 17.7 Å². The molecule has 0 aliphatic rings. The average Bonchev–Trinajstić information content (AvgIpc) is 2.87. The zero-order chi connectivity index (χ0) is 15.5. The number of thiazole rings is 1. The van der Waals surface area contributed by atoms with Gasteiger partial charge in [-0.3, -0.25) is 0 Å². The molecule has 0 spiro atoms. The Balaban J connectivity index is 2.22. The van der Waals surface area contributed by atoms with Gasteiger partial charge in [-0.25, -0.2) is 9.78 Å². The van der Waals surface area contributed by atoms with Gasteiger partial charge >= 0.3 is 12.1 Å². The molecule has 1 N–H and O–H groups in total. The van der Waals surface area contributed by atoms with Crippen LogP contribution < -0.4 is 5.32 Å². The number of ether oxygens (including phenoxy) is 1. The number of para-hydroxylation sites is 1. The molecule has 0 saturated heterocycles. The first-order valence-corrected chi connectivity index (χ1v) is 6.85. The van der Waals surface area contributed by atoms with E-state index in [1.165, 1.54) is 23.6 Å². The van der Waals surface area contributed by atoms with E-state index in [2.05, 4.69) is 10.3 Å². The van der Waals surface area contributed by atoms with E-state index in [9.17, 15) is 18.0 Å². The van der Waals surface area contributed by atoms with Crippen LogP contribution in [0.4, 0.5) is 24.0 Å². The molecule has 0 aliphatic heterocycles. The molecule has 0 bridgehead atoms. The average molecular weight is 316 g/mol. The lowest BCUT2D eigenvalue weighted by molar-refractivity contribution is -0.136. The number of carbonyl (C=O) groups is 1. The molecule has 0 saturated carbocycles. The maximum atomic E-state index is 12.9. The molecule has 1 aromatic heterocycles. The summed E-state index contributed by atoms with van der Waals surface area (Å²) in [5.74, 6) is -0.606. The van der Waals surface area contributed by atoms with Crippen LogP contribution >= 0.6 is 11.3 Å². The van der Waals surface area contributed by atoms with Crippen LogP contribution in [0.3, 0.4) is 0 Å². The summed E-state index contributed by atoms with van der Waals surface area (Å²) >= 11 is 1.03. The number of aromatic nitrogens is 1. The highest BCUT2D eigenvalue weighted by Crippen LogP contribution is 2.36. The number of hydrogen-bond acceptors (Lipinski definition) is 5. The lowest BCUT2D eigenvalue weighted by Crippen LogP contribution is -2.09. The number of benzene rings is 1. The lowest BCUT2D eigenvalue weighted by atomic mass is 10.2. The molecule has 1 heterocycles. The number of alkyl halides is 3. The van der Waals surface area contributed by atoms with Crippen LogP contribution in [-0.2, 0) is 10.9 Å². The first-order chi connectivity index (χ1) is 9.91. The first-order valence-electron chi connectivity index (χ1n) is 5.97. The van der Waals surface area contributed by atoms with Gasteiger partial charge in [-0.1, -0.05) is 12.1 Å². The predicted molar refractivity (Wildman–Crippen MR) is 72.8 cm³/mol. The fourth-order valence-corrected chi connectivity index (χ4v) is 2.28. The Hall–Kier alpha value is -2.09. The number of esters is 1. The highest BCUT2D eigenvalue weighted by molar-refractivity contribution is 7.14. The number of hydrogen-bond donors (Lipinski definition) is 1. The molecule has 21 heavy (non-hydrogen) atoms. The van der Waals surface area contributed by atoms with Gasteiger partial charge in [-0.2, -0.15) is 13.2 Å². The summed E-state index contributed by atoms with van der Waals surface area (Å²) < 4.78 is 43.3. The van der Waals surface area contributed by atoms with Crippen LogP contribution in [0.25, 0.3) is 0 Å². The van der Waals surface area contributed by atoms with Gasteiger partial charge in [0.05, 0.1) is 17.9 Å². The number of nitrogens with zero attached hydrogens (tertiary/aromatic N) is 1. The molecule has 2 aromatic rings. The SMILES string of the molecule is CCOC(=O)c1csc(Nc2ccccc2C(F)(F)F)n1. The predicted octanol–water partition coefficient (Wildman–Crippen LogP) is 4.08. The number of carbonyl (C=O) groups excluding carboxylic acids is 1. The van der Waals surface area contributed by atoms with Gasteiger partial charge in [0.15, 0.2) is 10.8 Å². The molecule has 0 atom stereocenters. The van der Waals surface area contributed by atoms with Crippen molar-refractivity contribution in [1.82, 2.24) is 4.98 Å². The molecule has 2 rings (SSSR count). The Kier molecular flexibility index (Phi) is 4.46. The summed E-state index contributed by atoms with van der Waals surface area (Å²) in [4.78, 5) is 15.4. The van der Waals surface area contributed by atoms with Gasteiger partial charge < -0.3 is 10.1 Å². The standard InChI is InChI=1S/C13H11F3N2O2S/c1-2-20-11(19)10-7-21-12(18-10)17-9-6-4-3-5-8(9)13(14,15)16/h3-7H,2H2,1H3,(H,17,18). The largest absolute Gasteiger partial charge is 0.461 e. The second-order valence-corrected chi connectivity index (χ2v) is 4.78. The molecule has 0 amide bonds. The van der Waals surface area contributed by atoms with E-state index in [1.807, 2.05) is 0 Å². The van der Waals surface area contributed by atoms with Crippen molar-refractivity contribution in [2.45, 2.75) is 13.1 Å². The Bertz CT molecular complexity index is 640. The summed E-state index contributed by atoms with van der Waals surface area (Å²) in [6, 6.07) is 5.06. The number of nitrogens with one attached hydrogen (secondary N) is 1. The Morgan fingerprint density at radius 1 is 1.38 bits per heavy atom. The van der Waals surface area contributed by atoms with Crippen LogP contribution in [0.1, 0.15) is 23.0 Å². The molecule has 0 fully saturated rings. The normalized spacial score (nSPS) is 11.2. The monoisotopic (exact) mass is 316 g/mol. The first kappa shape index (κ1) is 15.3. The Morgan fingerprint density at radius 3 is 2.76 bits per heavy atom. The quantitative estimate of drug-likeness (QED) is 0.864. The van der Waals surface area contributed by atoms with E-state index in [0.717, 1.165) is 17.4 Å². The lowest BCUT2D eigenvalue weighted by Gasteiger charge is -2.12. The van der Waals surface area contributed by atoms with E-state index in [0.29, 0.717) is 0 Å². The minimum absolute atomic E-state index is 0.0637. The van der Waals surface area contributed by atoms with E-state index >= 15 is 0 Å². The number of rotatable bonds is 4.